The number of rotatable bonds is 5. The van der Waals surface area contributed by atoms with Crippen molar-refractivity contribution >= 4 is 29.1 Å². The second kappa shape index (κ2) is 9.08. The van der Waals surface area contributed by atoms with Crippen LogP contribution in [0.15, 0.2) is 36.4 Å². The van der Waals surface area contributed by atoms with Crippen LogP contribution < -0.4 is 10.1 Å². The number of carbonyl (C=O) groups is 2. The Bertz CT molecular complexity index is 879. The Balaban J connectivity index is 1.71. The Morgan fingerprint density at radius 3 is 2.57 bits per heavy atom. The molecule has 0 bridgehead atoms. The molecule has 0 aliphatic carbocycles. The Hall–Kier alpha value is -2.57. The zero-order chi connectivity index (χ0) is 20.1. The summed E-state index contributed by atoms with van der Waals surface area (Å²) in [4.78, 5) is 26.8. The Kier molecular flexibility index (Phi) is 6.54. The van der Waals surface area contributed by atoms with Gasteiger partial charge < -0.3 is 19.7 Å². The first kappa shape index (κ1) is 20.2. The lowest BCUT2D eigenvalue weighted by Gasteiger charge is -2.27. The number of hydrogen-bond acceptors (Lipinski definition) is 4. The van der Waals surface area contributed by atoms with E-state index >= 15 is 0 Å². The van der Waals surface area contributed by atoms with Gasteiger partial charge in [0.2, 0.25) is 0 Å². The molecule has 2 amide bonds. The second-order valence-corrected chi connectivity index (χ2v) is 6.87. The van der Waals surface area contributed by atoms with E-state index in [4.69, 9.17) is 21.1 Å². The third-order valence-corrected chi connectivity index (χ3v) is 4.81. The van der Waals surface area contributed by atoms with Crippen LogP contribution in [0.1, 0.15) is 33.2 Å². The number of ether oxygens (including phenoxy) is 2. The molecule has 1 aliphatic heterocycles. The van der Waals surface area contributed by atoms with Gasteiger partial charge in [0.05, 0.1) is 30.4 Å². The number of aryl methyl sites for hydroxylation is 1. The normalized spacial score (nSPS) is 13.9. The minimum Gasteiger partial charge on any atom is -0.494 e. The van der Waals surface area contributed by atoms with E-state index in [1.807, 2.05) is 13.8 Å². The molecule has 1 fully saturated rings. The van der Waals surface area contributed by atoms with Crippen LogP contribution in [0.3, 0.4) is 0 Å². The van der Waals surface area contributed by atoms with E-state index in [1.54, 1.807) is 41.3 Å². The average molecular weight is 403 g/mol. The predicted octanol–water partition coefficient (Wildman–Crippen LogP) is 3.77. The van der Waals surface area contributed by atoms with Gasteiger partial charge >= 0.3 is 0 Å². The molecule has 1 saturated heterocycles. The summed E-state index contributed by atoms with van der Waals surface area (Å²) in [5.74, 6) is 0.371. The predicted molar refractivity (Wildman–Crippen MR) is 108 cm³/mol. The maximum absolute atomic E-state index is 12.6. The van der Waals surface area contributed by atoms with Crippen LogP contribution >= 0.6 is 11.6 Å². The van der Waals surface area contributed by atoms with Gasteiger partial charge in [0.1, 0.15) is 5.75 Å². The van der Waals surface area contributed by atoms with Crippen molar-refractivity contribution in [3.05, 3.63) is 58.1 Å². The fraction of sp³-hybridized carbons (Fsp3) is 0.333. The molecule has 7 heteroatoms. The molecule has 1 aliphatic rings. The minimum atomic E-state index is -0.255. The SMILES string of the molecule is CCOc1ccc(C(=O)Nc2ccc(C(=O)N3CCOCC3)c(Cl)c2)cc1C. The third-order valence-electron chi connectivity index (χ3n) is 4.49. The smallest absolute Gasteiger partial charge is 0.255 e. The average Bonchev–Trinajstić information content (AvgIpc) is 2.70. The standard InChI is InChI=1S/C21H23ClN2O4/c1-3-28-19-7-4-15(12-14(19)2)20(25)23-16-5-6-17(18(22)13-16)21(26)24-8-10-27-11-9-24/h4-7,12-13H,3,8-11H2,1-2H3,(H,23,25). The van der Waals surface area contributed by atoms with E-state index in [1.165, 1.54) is 0 Å². The minimum absolute atomic E-state index is 0.131. The summed E-state index contributed by atoms with van der Waals surface area (Å²) >= 11 is 6.31. The van der Waals surface area contributed by atoms with E-state index in [0.29, 0.717) is 54.7 Å². The molecular formula is C21H23ClN2O4. The number of halogens is 1. The lowest BCUT2D eigenvalue weighted by Crippen LogP contribution is -2.40. The molecule has 0 spiro atoms. The van der Waals surface area contributed by atoms with E-state index in [-0.39, 0.29) is 11.8 Å². The summed E-state index contributed by atoms with van der Waals surface area (Å²) in [7, 11) is 0. The summed E-state index contributed by atoms with van der Waals surface area (Å²) in [5, 5.41) is 3.12. The summed E-state index contributed by atoms with van der Waals surface area (Å²) in [5.41, 5.74) is 2.35. The number of hydrogen-bond donors (Lipinski definition) is 1. The number of nitrogens with one attached hydrogen (secondary N) is 1. The summed E-state index contributed by atoms with van der Waals surface area (Å²) in [6, 6.07) is 10.2. The van der Waals surface area contributed by atoms with Crippen LogP contribution in [-0.4, -0.2) is 49.6 Å². The number of nitrogens with zero attached hydrogens (tertiary/aromatic N) is 1. The zero-order valence-corrected chi connectivity index (χ0v) is 16.7. The molecule has 6 nitrogen and oxygen atoms in total. The largest absolute Gasteiger partial charge is 0.494 e. The van der Waals surface area contributed by atoms with E-state index in [0.717, 1.165) is 11.3 Å². The molecule has 2 aromatic rings. The van der Waals surface area contributed by atoms with Crippen LogP contribution in [0.2, 0.25) is 5.02 Å². The van der Waals surface area contributed by atoms with Crippen molar-refractivity contribution in [3.63, 3.8) is 0 Å². The summed E-state index contributed by atoms with van der Waals surface area (Å²) < 4.78 is 10.8. The Labute approximate surface area is 169 Å². The quantitative estimate of drug-likeness (QED) is 0.826. The highest BCUT2D eigenvalue weighted by Crippen LogP contribution is 2.24. The summed E-state index contributed by atoms with van der Waals surface area (Å²) in [6.07, 6.45) is 0. The van der Waals surface area contributed by atoms with Crippen LogP contribution in [-0.2, 0) is 4.74 Å². The number of carbonyl (C=O) groups excluding carboxylic acids is 2. The van der Waals surface area contributed by atoms with Crippen LogP contribution in [0.25, 0.3) is 0 Å². The van der Waals surface area contributed by atoms with Crippen LogP contribution in [0.4, 0.5) is 5.69 Å². The van der Waals surface area contributed by atoms with Gasteiger partial charge in [0.25, 0.3) is 11.8 Å². The highest BCUT2D eigenvalue weighted by atomic mass is 35.5. The fourth-order valence-corrected chi connectivity index (χ4v) is 3.28. The van der Waals surface area contributed by atoms with E-state index in [2.05, 4.69) is 5.32 Å². The highest BCUT2D eigenvalue weighted by molar-refractivity contribution is 6.34. The van der Waals surface area contributed by atoms with Crippen LogP contribution in [0.5, 0.6) is 5.75 Å². The maximum Gasteiger partial charge on any atom is 0.255 e. The van der Waals surface area contributed by atoms with Crippen molar-refractivity contribution in [3.8, 4) is 5.75 Å². The molecule has 0 saturated carbocycles. The Morgan fingerprint density at radius 2 is 1.93 bits per heavy atom. The van der Waals surface area contributed by atoms with Gasteiger partial charge in [0.15, 0.2) is 0 Å². The monoisotopic (exact) mass is 402 g/mol. The molecular weight excluding hydrogens is 380 g/mol. The first-order valence-corrected chi connectivity index (χ1v) is 9.58. The van der Waals surface area contributed by atoms with Crippen molar-refractivity contribution in [1.29, 1.82) is 0 Å². The van der Waals surface area contributed by atoms with Crippen LogP contribution in [0, 0.1) is 6.92 Å². The van der Waals surface area contributed by atoms with E-state index in [9.17, 15) is 9.59 Å². The van der Waals surface area contributed by atoms with Gasteiger partial charge in [-0.15, -0.1) is 0 Å². The summed E-state index contributed by atoms with van der Waals surface area (Å²) in [6.45, 7) is 6.52. The Morgan fingerprint density at radius 1 is 1.18 bits per heavy atom. The third kappa shape index (κ3) is 4.64. The lowest BCUT2D eigenvalue weighted by atomic mass is 10.1. The second-order valence-electron chi connectivity index (χ2n) is 6.47. The van der Waals surface area contributed by atoms with Gasteiger partial charge in [-0.05, 0) is 55.8 Å². The molecule has 3 rings (SSSR count). The fourth-order valence-electron chi connectivity index (χ4n) is 3.01. The lowest BCUT2D eigenvalue weighted by molar-refractivity contribution is 0.0303. The molecule has 0 aromatic heterocycles. The van der Waals surface area contributed by atoms with Gasteiger partial charge in [-0.25, -0.2) is 0 Å². The number of morpholine rings is 1. The highest BCUT2D eigenvalue weighted by Gasteiger charge is 2.21. The van der Waals surface area contributed by atoms with Gasteiger partial charge in [0, 0.05) is 24.3 Å². The number of benzene rings is 2. The molecule has 148 valence electrons. The van der Waals surface area contributed by atoms with Crippen molar-refractivity contribution < 1.29 is 19.1 Å². The van der Waals surface area contributed by atoms with Gasteiger partial charge in [-0.2, -0.15) is 0 Å². The van der Waals surface area contributed by atoms with Gasteiger partial charge in [-0.3, -0.25) is 9.59 Å². The molecule has 0 radical (unpaired) electrons. The molecule has 1 heterocycles. The topological polar surface area (TPSA) is 67.9 Å². The number of anilines is 1. The molecule has 1 N–H and O–H groups in total. The van der Waals surface area contributed by atoms with E-state index < -0.39 is 0 Å². The van der Waals surface area contributed by atoms with Crippen molar-refractivity contribution in [2.24, 2.45) is 0 Å². The zero-order valence-electron chi connectivity index (χ0n) is 16.0. The van der Waals surface area contributed by atoms with Gasteiger partial charge in [-0.1, -0.05) is 11.6 Å². The molecule has 0 atom stereocenters. The van der Waals surface area contributed by atoms with Crippen molar-refractivity contribution in [2.45, 2.75) is 13.8 Å². The first-order valence-electron chi connectivity index (χ1n) is 9.21. The first-order chi connectivity index (χ1) is 13.5. The number of amides is 2. The van der Waals surface area contributed by atoms with Crippen molar-refractivity contribution in [2.75, 3.05) is 38.2 Å². The molecule has 0 unspecified atom stereocenters. The molecule has 28 heavy (non-hydrogen) atoms. The van der Waals surface area contributed by atoms with Crippen molar-refractivity contribution in [1.82, 2.24) is 4.90 Å². The molecule has 2 aromatic carbocycles. The maximum atomic E-state index is 12.6.